The molecule has 5 nitrogen and oxygen atoms in total. The topological polar surface area (TPSA) is 82.3 Å². The Labute approximate surface area is 132 Å². The Hall–Kier alpha value is -1.96. The van der Waals surface area contributed by atoms with Crippen LogP contribution in [0.25, 0.3) is 21.3 Å². The zero-order valence-electron chi connectivity index (χ0n) is 12.0. The van der Waals surface area contributed by atoms with Crippen LogP contribution in [0.4, 0.5) is 0 Å². The van der Waals surface area contributed by atoms with Gasteiger partial charge in [-0.25, -0.2) is 18.5 Å². The van der Waals surface area contributed by atoms with Gasteiger partial charge in [0, 0.05) is 21.5 Å². The number of methoxy groups -OCH3 is 1. The lowest BCUT2D eigenvalue weighted by Crippen LogP contribution is -2.09. The molecule has 0 aliphatic carbocycles. The maximum absolute atomic E-state index is 11.4. The number of benzene rings is 1. The van der Waals surface area contributed by atoms with Gasteiger partial charge in [-0.2, -0.15) is 0 Å². The molecule has 114 valence electrons. The van der Waals surface area contributed by atoms with E-state index in [2.05, 4.69) is 4.98 Å². The normalized spacial score (nSPS) is 11.8. The van der Waals surface area contributed by atoms with Crippen LogP contribution in [0.15, 0.2) is 40.6 Å². The first kappa shape index (κ1) is 15.0. The van der Waals surface area contributed by atoms with E-state index in [4.69, 9.17) is 9.88 Å². The van der Waals surface area contributed by atoms with Crippen molar-refractivity contribution in [2.45, 2.75) is 11.1 Å². The Morgan fingerprint density at radius 1 is 1.14 bits per heavy atom. The Morgan fingerprint density at radius 2 is 1.91 bits per heavy atom. The lowest BCUT2D eigenvalue weighted by molar-refractivity contribution is 0.419. The van der Waals surface area contributed by atoms with Crippen LogP contribution in [0.1, 0.15) is 5.69 Å². The molecule has 0 spiro atoms. The van der Waals surface area contributed by atoms with Gasteiger partial charge in [0.05, 0.1) is 7.11 Å². The van der Waals surface area contributed by atoms with Crippen molar-refractivity contribution < 1.29 is 13.2 Å². The van der Waals surface area contributed by atoms with Crippen molar-refractivity contribution >= 4 is 32.3 Å². The molecule has 0 aliphatic heterocycles. The maximum Gasteiger partial charge on any atom is 0.247 e. The predicted molar refractivity (Wildman–Crippen MR) is 87.7 cm³/mol. The molecule has 0 fully saturated rings. The second kappa shape index (κ2) is 5.35. The van der Waals surface area contributed by atoms with Gasteiger partial charge in [-0.15, -0.1) is 11.3 Å². The van der Waals surface area contributed by atoms with Gasteiger partial charge in [-0.05, 0) is 37.3 Å². The van der Waals surface area contributed by atoms with E-state index < -0.39 is 10.0 Å². The summed E-state index contributed by atoms with van der Waals surface area (Å²) in [7, 11) is -2.08. The molecule has 0 saturated heterocycles. The molecule has 3 aromatic rings. The van der Waals surface area contributed by atoms with E-state index in [0.717, 1.165) is 38.4 Å². The van der Waals surface area contributed by atoms with Gasteiger partial charge in [0.15, 0.2) is 0 Å². The number of aryl methyl sites for hydroxylation is 1. The van der Waals surface area contributed by atoms with Crippen molar-refractivity contribution in [2.24, 2.45) is 5.14 Å². The van der Waals surface area contributed by atoms with Crippen molar-refractivity contribution in [3.05, 3.63) is 42.1 Å². The largest absolute Gasteiger partial charge is 0.494 e. The average molecular weight is 334 g/mol. The van der Waals surface area contributed by atoms with Crippen molar-refractivity contribution in [1.29, 1.82) is 0 Å². The zero-order valence-corrected chi connectivity index (χ0v) is 13.7. The number of aromatic nitrogens is 1. The van der Waals surface area contributed by atoms with E-state index in [0.29, 0.717) is 5.75 Å². The molecule has 1 aromatic carbocycles. The van der Waals surface area contributed by atoms with Crippen LogP contribution in [0.5, 0.6) is 5.75 Å². The fourth-order valence-corrected chi connectivity index (χ4v) is 4.06. The third-order valence-corrected chi connectivity index (χ3v) is 5.86. The van der Waals surface area contributed by atoms with E-state index >= 15 is 0 Å². The van der Waals surface area contributed by atoms with Gasteiger partial charge in [0.2, 0.25) is 10.0 Å². The molecule has 0 atom stereocenters. The molecule has 0 aliphatic rings. The molecule has 0 unspecified atom stereocenters. The van der Waals surface area contributed by atoms with E-state index in [9.17, 15) is 8.42 Å². The fraction of sp³-hybridized carbons (Fsp3) is 0.133. The maximum atomic E-state index is 11.4. The zero-order chi connectivity index (χ0) is 15.9. The summed E-state index contributed by atoms with van der Waals surface area (Å²) in [6.07, 6.45) is 0. The molecule has 2 N–H and O–H groups in total. The molecule has 2 heterocycles. The fourth-order valence-electron chi connectivity index (χ4n) is 2.29. The highest BCUT2D eigenvalue weighted by Gasteiger charge is 2.15. The van der Waals surface area contributed by atoms with Crippen molar-refractivity contribution in [2.75, 3.05) is 7.11 Å². The molecule has 0 amide bonds. The summed E-state index contributed by atoms with van der Waals surface area (Å²) in [5, 5.41) is 6.09. The highest BCUT2D eigenvalue weighted by molar-refractivity contribution is 7.91. The lowest BCUT2D eigenvalue weighted by atomic mass is 10.1. The molecule has 0 bridgehead atoms. The van der Waals surface area contributed by atoms with E-state index in [1.54, 1.807) is 13.2 Å². The summed E-state index contributed by atoms with van der Waals surface area (Å²) in [6, 6.07) is 10.9. The van der Waals surface area contributed by atoms with Gasteiger partial charge >= 0.3 is 0 Å². The van der Waals surface area contributed by atoms with Gasteiger partial charge in [0.1, 0.15) is 15.5 Å². The number of nitrogens with two attached hydrogens (primary N) is 1. The van der Waals surface area contributed by atoms with Crippen LogP contribution in [-0.2, 0) is 10.0 Å². The summed E-state index contributed by atoms with van der Waals surface area (Å²) in [5.74, 6) is 0.686. The summed E-state index contributed by atoms with van der Waals surface area (Å²) in [4.78, 5) is 5.35. The van der Waals surface area contributed by atoms with E-state index in [1.807, 2.05) is 31.2 Å². The molecular formula is C15H14N2O3S2. The summed E-state index contributed by atoms with van der Waals surface area (Å²) >= 11 is 1.14. The molecule has 22 heavy (non-hydrogen) atoms. The second-order valence-corrected chi connectivity index (χ2v) is 7.70. The number of ether oxygens (including phenoxy) is 1. The van der Waals surface area contributed by atoms with Crippen molar-refractivity contribution in [1.82, 2.24) is 4.98 Å². The SMILES string of the molecule is COc1ccc(-c2ccc(S(N)(=O)=O)s2)c2ccc(C)nc12. The third kappa shape index (κ3) is 2.58. The summed E-state index contributed by atoms with van der Waals surface area (Å²) in [6.45, 7) is 1.91. The van der Waals surface area contributed by atoms with Gasteiger partial charge in [-0.1, -0.05) is 6.07 Å². The number of hydrogen-bond donors (Lipinski definition) is 1. The molecule has 3 rings (SSSR count). The van der Waals surface area contributed by atoms with Crippen molar-refractivity contribution in [3.8, 4) is 16.2 Å². The quantitative estimate of drug-likeness (QED) is 0.798. The van der Waals surface area contributed by atoms with Crippen LogP contribution >= 0.6 is 11.3 Å². The number of primary sulfonamides is 1. The lowest BCUT2D eigenvalue weighted by Gasteiger charge is -2.09. The van der Waals surface area contributed by atoms with Crippen LogP contribution in [0.3, 0.4) is 0 Å². The van der Waals surface area contributed by atoms with E-state index in [1.165, 1.54) is 6.07 Å². The smallest absolute Gasteiger partial charge is 0.247 e. The second-order valence-electron chi connectivity index (χ2n) is 4.83. The van der Waals surface area contributed by atoms with Crippen LogP contribution in [0.2, 0.25) is 0 Å². The molecule has 0 radical (unpaired) electrons. The predicted octanol–water partition coefficient (Wildman–Crippen LogP) is 2.93. The molecule has 7 heteroatoms. The minimum absolute atomic E-state index is 0.145. The monoisotopic (exact) mass is 334 g/mol. The number of pyridine rings is 1. The standard InChI is InChI=1S/C15H14N2O3S2/c1-9-3-4-11-10(5-6-12(20-2)15(11)17-9)13-7-8-14(21-13)22(16,18)19/h3-8H,1-2H3,(H2,16,18,19). The number of fused-ring (bicyclic) bond motifs is 1. The summed E-state index contributed by atoms with van der Waals surface area (Å²) < 4.78 is 28.4. The number of sulfonamides is 1. The van der Waals surface area contributed by atoms with Crippen LogP contribution in [0, 0.1) is 6.92 Å². The molecular weight excluding hydrogens is 320 g/mol. The number of rotatable bonds is 3. The Kier molecular flexibility index (Phi) is 3.64. The Bertz CT molecular complexity index is 962. The Balaban J connectivity index is 2.26. The number of nitrogens with zero attached hydrogens (tertiary/aromatic N) is 1. The molecule has 2 aromatic heterocycles. The first-order valence-corrected chi connectivity index (χ1v) is 8.84. The average Bonchev–Trinajstić information content (AvgIpc) is 2.95. The first-order valence-electron chi connectivity index (χ1n) is 6.47. The van der Waals surface area contributed by atoms with Gasteiger partial charge in [-0.3, -0.25) is 0 Å². The minimum Gasteiger partial charge on any atom is -0.494 e. The minimum atomic E-state index is -3.68. The highest BCUT2D eigenvalue weighted by atomic mass is 32.2. The van der Waals surface area contributed by atoms with Gasteiger partial charge in [0.25, 0.3) is 0 Å². The third-order valence-electron chi connectivity index (χ3n) is 3.31. The van der Waals surface area contributed by atoms with Crippen LogP contribution < -0.4 is 9.88 Å². The first-order chi connectivity index (χ1) is 10.4. The number of hydrogen-bond acceptors (Lipinski definition) is 5. The highest BCUT2D eigenvalue weighted by Crippen LogP contribution is 2.37. The Morgan fingerprint density at radius 3 is 2.55 bits per heavy atom. The van der Waals surface area contributed by atoms with Crippen LogP contribution in [-0.4, -0.2) is 20.5 Å². The molecule has 0 saturated carbocycles. The number of thiophene rings is 1. The van der Waals surface area contributed by atoms with E-state index in [-0.39, 0.29) is 4.21 Å². The summed E-state index contributed by atoms with van der Waals surface area (Å²) in [5.41, 5.74) is 2.55. The van der Waals surface area contributed by atoms with Gasteiger partial charge < -0.3 is 4.74 Å². The van der Waals surface area contributed by atoms with Crippen molar-refractivity contribution in [3.63, 3.8) is 0 Å².